The van der Waals surface area contributed by atoms with Crippen LogP contribution in [0.3, 0.4) is 0 Å². The second-order valence-corrected chi connectivity index (χ2v) is 9.16. The van der Waals surface area contributed by atoms with E-state index >= 15 is 0 Å². The number of hydrazine groups is 1. The van der Waals surface area contributed by atoms with Gasteiger partial charge in [0.2, 0.25) is 11.8 Å². The Labute approximate surface area is 200 Å². The fraction of sp³-hybridized carbons (Fsp3) is 0.583. The van der Waals surface area contributed by atoms with Crippen LogP contribution in [-0.4, -0.2) is 64.6 Å². The molecule has 1 fully saturated rings. The second-order valence-electron chi connectivity index (χ2n) is 9.16. The van der Waals surface area contributed by atoms with Gasteiger partial charge in [-0.2, -0.15) is 0 Å². The summed E-state index contributed by atoms with van der Waals surface area (Å²) in [5.41, 5.74) is 3.58. The molecule has 1 heterocycles. The van der Waals surface area contributed by atoms with Gasteiger partial charge >= 0.3 is 5.97 Å². The number of nitrogens with zero attached hydrogens (tertiary/aromatic N) is 1. The third-order valence-corrected chi connectivity index (χ3v) is 5.36. The lowest BCUT2D eigenvalue weighted by Crippen LogP contribution is -2.62. The second kappa shape index (κ2) is 12.4. The molecule has 0 saturated carbocycles. The molecular formula is C24H36N4O6. The number of esters is 1. The van der Waals surface area contributed by atoms with E-state index in [1.54, 1.807) is 39.8 Å². The van der Waals surface area contributed by atoms with E-state index in [-0.39, 0.29) is 30.1 Å². The lowest BCUT2D eigenvalue weighted by Gasteiger charge is -2.35. The zero-order valence-corrected chi connectivity index (χ0v) is 20.5. The Morgan fingerprint density at radius 1 is 1.18 bits per heavy atom. The fourth-order valence-electron chi connectivity index (χ4n) is 3.75. The molecule has 10 nitrogen and oxygen atoms in total. The first kappa shape index (κ1) is 27.1. The number of phenolic OH excluding ortho intramolecular Hbond substituents is 1. The number of benzene rings is 1. The summed E-state index contributed by atoms with van der Waals surface area (Å²) < 4.78 is 5.27. The van der Waals surface area contributed by atoms with Crippen molar-refractivity contribution in [3.8, 4) is 5.75 Å². The summed E-state index contributed by atoms with van der Waals surface area (Å²) in [6, 6.07) is 3.96. The molecule has 4 N–H and O–H groups in total. The van der Waals surface area contributed by atoms with Gasteiger partial charge in [0.1, 0.15) is 23.9 Å². The maximum Gasteiger partial charge on any atom is 0.325 e. The maximum absolute atomic E-state index is 13.5. The molecule has 0 radical (unpaired) electrons. The number of hydrogen-bond donors (Lipinski definition) is 4. The van der Waals surface area contributed by atoms with Crippen LogP contribution in [0.2, 0.25) is 0 Å². The van der Waals surface area contributed by atoms with E-state index in [9.17, 15) is 24.3 Å². The molecule has 10 heteroatoms. The van der Waals surface area contributed by atoms with Crippen molar-refractivity contribution in [1.29, 1.82) is 0 Å². The van der Waals surface area contributed by atoms with E-state index in [0.29, 0.717) is 24.9 Å². The maximum atomic E-state index is 13.5. The van der Waals surface area contributed by atoms with E-state index in [1.165, 1.54) is 24.1 Å². The first-order valence-corrected chi connectivity index (χ1v) is 11.6. The monoisotopic (exact) mass is 476 g/mol. The minimum Gasteiger partial charge on any atom is -0.508 e. The molecule has 34 heavy (non-hydrogen) atoms. The van der Waals surface area contributed by atoms with Gasteiger partial charge in [-0.15, -0.1) is 0 Å². The predicted octanol–water partition coefficient (Wildman–Crippen LogP) is 1.03. The van der Waals surface area contributed by atoms with Crippen LogP contribution >= 0.6 is 0 Å². The summed E-state index contributed by atoms with van der Waals surface area (Å²) in [6.07, 6.45) is 0.948. The highest BCUT2D eigenvalue weighted by atomic mass is 16.5. The van der Waals surface area contributed by atoms with Gasteiger partial charge in [0.05, 0.1) is 6.10 Å². The molecular weight excluding hydrogens is 440 g/mol. The summed E-state index contributed by atoms with van der Waals surface area (Å²) >= 11 is 0. The van der Waals surface area contributed by atoms with Gasteiger partial charge in [-0.05, 0) is 50.3 Å². The van der Waals surface area contributed by atoms with Crippen molar-refractivity contribution in [1.82, 2.24) is 21.1 Å². The molecule has 1 aliphatic heterocycles. The summed E-state index contributed by atoms with van der Waals surface area (Å²) in [5, 5.41) is 16.6. The quantitative estimate of drug-likeness (QED) is 0.391. The van der Waals surface area contributed by atoms with Gasteiger partial charge in [-0.3, -0.25) is 24.2 Å². The first-order valence-electron chi connectivity index (χ1n) is 11.6. The van der Waals surface area contributed by atoms with Crippen LogP contribution < -0.4 is 16.1 Å². The zero-order chi connectivity index (χ0) is 25.4. The Hall–Kier alpha value is -3.14. The number of hydrogen-bond acceptors (Lipinski definition) is 7. The number of carbonyl (C=O) groups excluding carboxylic acids is 4. The zero-order valence-electron chi connectivity index (χ0n) is 20.5. The fourth-order valence-corrected chi connectivity index (χ4v) is 3.75. The third-order valence-electron chi connectivity index (χ3n) is 5.36. The average molecular weight is 477 g/mol. The number of amides is 3. The number of phenols is 1. The Morgan fingerprint density at radius 3 is 2.47 bits per heavy atom. The molecule has 1 saturated heterocycles. The van der Waals surface area contributed by atoms with E-state index in [4.69, 9.17) is 4.74 Å². The van der Waals surface area contributed by atoms with Crippen LogP contribution in [0.4, 0.5) is 0 Å². The molecule has 0 aromatic heterocycles. The average Bonchev–Trinajstić information content (AvgIpc) is 2.75. The topological polar surface area (TPSA) is 137 Å². The van der Waals surface area contributed by atoms with E-state index in [1.807, 2.05) is 0 Å². The van der Waals surface area contributed by atoms with Crippen molar-refractivity contribution >= 4 is 23.7 Å². The van der Waals surface area contributed by atoms with Crippen LogP contribution in [0, 0.1) is 5.92 Å². The van der Waals surface area contributed by atoms with Crippen molar-refractivity contribution in [3.05, 3.63) is 29.8 Å². The van der Waals surface area contributed by atoms with Crippen LogP contribution in [0.1, 0.15) is 53.0 Å². The predicted molar refractivity (Wildman–Crippen MR) is 125 cm³/mol. The Morgan fingerprint density at radius 2 is 1.88 bits per heavy atom. The summed E-state index contributed by atoms with van der Waals surface area (Å²) in [6.45, 7) is 8.78. The van der Waals surface area contributed by atoms with Crippen LogP contribution in [0.25, 0.3) is 0 Å². The molecule has 188 valence electrons. The molecule has 0 bridgehead atoms. The van der Waals surface area contributed by atoms with Crippen molar-refractivity contribution in [2.75, 3.05) is 6.54 Å². The molecule has 2 rings (SSSR count). The van der Waals surface area contributed by atoms with Gasteiger partial charge in [0.15, 0.2) is 0 Å². The van der Waals surface area contributed by atoms with Crippen molar-refractivity contribution in [2.45, 2.75) is 78.1 Å². The summed E-state index contributed by atoms with van der Waals surface area (Å²) in [7, 11) is 0. The molecule has 0 aliphatic carbocycles. The van der Waals surface area contributed by atoms with Crippen LogP contribution in [-0.2, 0) is 30.3 Å². The van der Waals surface area contributed by atoms with E-state index in [0.717, 1.165) is 0 Å². The normalized spacial score (nSPS) is 17.7. The van der Waals surface area contributed by atoms with Crippen LogP contribution in [0.15, 0.2) is 24.3 Å². The minimum absolute atomic E-state index is 0.0425. The molecule has 1 aromatic carbocycles. The van der Waals surface area contributed by atoms with Gasteiger partial charge in [0.25, 0.3) is 5.91 Å². The Balaban J connectivity index is 2.23. The number of ether oxygens (including phenoxy) is 1. The molecule has 3 amide bonds. The highest BCUT2D eigenvalue weighted by Gasteiger charge is 2.35. The summed E-state index contributed by atoms with van der Waals surface area (Å²) in [4.78, 5) is 50.4. The van der Waals surface area contributed by atoms with Crippen molar-refractivity contribution in [3.63, 3.8) is 0 Å². The number of carbonyl (C=O) groups is 4. The largest absolute Gasteiger partial charge is 0.508 e. The molecule has 0 spiro atoms. The van der Waals surface area contributed by atoms with Crippen LogP contribution in [0.5, 0.6) is 5.75 Å². The van der Waals surface area contributed by atoms with Gasteiger partial charge in [-0.1, -0.05) is 26.0 Å². The highest BCUT2D eigenvalue weighted by Crippen LogP contribution is 2.16. The van der Waals surface area contributed by atoms with E-state index < -0.39 is 35.9 Å². The Kier molecular flexibility index (Phi) is 9.85. The van der Waals surface area contributed by atoms with Crippen molar-refractivity contribution < 1.29 is 29.0 Å². The lowest BCUT2D eigenvalue weighted by atomic mass is 10.0. The molecule has 1 aromatic rings. The van der Waals surface area contributed by atoms with Crippen molar-refractivity contribution in [2.24, 2.45) is 5.92 Å². The highest BCUT2D eigenvalue weighted by molar-refractivity contribution is 5.92. The standard InChI is InChI=1S/C24H36N4O6/c1-14(2)21(25-16(5)29)22(31)26-20(13-17-8-6-9-18(30)12-17)23(32)28-11-7-10-19(27-28)24(33)34-15(3)4/h6,8-9,12,14-15,19-21,27,30H,7,10-11,13H2,1-5H3,(H,25,29)(H,26,31). The van der Waals surface area contributed by atoms with Gasteiger partial charge < -0.3 is 20.5 Å². The third kappa shape index (κ3) is 8.02. The minimum atomic E-state index is -0.989. The number of nitrogens with one attached hydrogen (secondary N) is 3. The number of aromatic hydroxyl groups is 1. The Bertz CT molecular complexity index is 888. The van der Waals surface area contributed by atoms with Gasteiger partial charge in [-0.25, -0.2) is 5.43 Å². The number of rotatable bonds is 9. The summed E-state index contributed by atoms with van der Waals surface area (Å²) in [5.74, 6) is -1.87. The first-order chi connectivity index (χ1) is 16.0. The molecule has 3 unspecified atom stereocenters. The molecule has 1 aliphatic rings. The SMILES string of the molecule is CC(=O)NC(C(=O)NC(Cc1cccc(O)c1)C(=O)N1CCCC(C(=O)OC(C)C)N1)C(C)C. The lowest BCUT2D eigenvalue weighted by molar-refractivity contribution is -0.156. The van der Waals surface area contributed by atoms with E-state index in [2.05, 4.69) is 16.1 Å². The smallest absolute Gasteiger partial charge is 0.325 e. The van der Waals surface area contributed by atoms with Gasteiger partial charge in [0, 0.05) is 19.9 Å². The molecule has 3 atom stereocenters.